The lowest BCUT2D eigenvalue weighted by Crippen LogP contribution is -2.14. The molecule has 2 rings (SSSR count). The van der Waals surface area contributed by atoms with E-state index >= 15 is 0 Å². The van der Waals surface area contributed by atoms with Gasteiger partial charge in [-0.05, 0) is 35.4 Å². The fourth-order valence-corrected chi connectivity index (χ4v) is 1.69. The maximum absolute atomic E-state index is 10.9. The number of benzene rings is 1. The molecule has 20 heavy (non-hydrogen) atoms. The summed E-state index contributed by atoms with van der Waals surface area (Å²) in [6.07, 6.45) is 6.39. The molecule has 0 aliphatic heterocycles. The Morgan fingerprint density at radius 1 is 1.30 bits per heavy atom. The molecule has 2 aromatic rings. The van der Waals surface area contributed by atoms with Crippen LogP contribution >= 0.6 is 0 Å². The zero-order valence-electron chi connectivity index (χ0n) is 10.8. The quantitative estimate of drug-likeness (QED) is 0.442. The Labute approximate surface area is 116 Å². The minimum Gasteiger partial charge on any atom is -0.380 e. The molecule has 5 nitrogen and oxygen atoms in total. The Kier molecular flexibility index (Phi) is 4.86. The average molecular weight is 269 g/mol. The molecular weight excluding hydrogens is 254 g/mol. The van der Waals surface area contributed by atoms with Gasteiger partial charge in [0, 0.05) is 25.0 Å². The van der Waals surface area contributed by atoms with Crippen LogP contribution in [0.5, 0.6) is 0 Å². The van der Waals surface area contributed by atoms with E-state index in [-0.39, 0.29) is 0 Å². The van der Waals surface area contributed by atoms with Crippen LogP contribution in [0.2, 0.25) is 0 Å². The van der Waals surface area contributed by atoms with Crippen molar-refractivity contribution in [3.05, 3.63) is 66.0 Å². The fraction of sp³-hybridized carbons (Fsp3) is 0.0667. The van der Waals surface area contributed by atoms with Crippen LogP contribution in [0.3, 0.4) is 0 Å². The molecule has 102 valence electrons. The molecule has 3 N–H and O–H groups in total. The number of anilines is 1. The second-order valence-corrected chi connectivity index (χ2v) is 4.15. The summed E-state index contributed by atoms with van der Waals surface area (Å²) >= 11 is 0. The summed E-state index contributed by atoms with van der Waals surface area (Å²) in [6.45, 7) is 0.666. The molecule has 0 fully saturated rings. The number of amides is 1. The van der Waals surface area contributed by atoms with Crippen LogP contribution in [0.1, 0.15) is 11.1 Å². The molecular formula is C15H15N3O2. The highest BCUT2D eigenvalue weighted by Gasteiger charge is 1.96. The van der Waals surface area contributed by atoms with Gasteiger partial charge in [0.15, 0.2) is 0 Å². The summed E-state index contributed by atoms with van der Waals surface area (Å²) < 4.78 is 0. The molecule has 0 aliphatic rings. The molecule has 0 unspecified atom stereocenters. The minimum atomic E-state index is -0.552. The lowest BCUT2D eigenvalue weighted by Gasteiger charge is -2.06. The molecule has 5 heteroatoms. The van der Waals surface area contributed by atoms with Crippen molar-refractivity contribution in [3.8, 4) is 0 Å². The SMILES string of the molecule is O=C(/C=C/c1cccc(CNc2cccnc2)c1)NO. The maximum Gasteiger partial charge on any atom is 0.267 e. The molecule has 0 bridgehead atoms. The number of rotatable bonds is 5. The third-order valence-corrected chi connectivity index (χ3v) is 2.65. The largest absolute Gasteiger partial charge is 0.380 e. The van der Waals surface area contributed by atoms with Crippen LogP contribution < -0.4 is 10.8 Å². The Bertz CT molecular complexity index is 597. The van der Waals surface area contributed by atoms with E-state index in [1.54, 1.807) is 23.9 Å². The van der Waals surface area contributed by atoms with Gasteiger partial charge >= 0.3 is 0 Å². The van der Waals surface area contributed by atoms with Crippen LogP contribution in [0.25, 0.3) is 6.08 Å². The molecule has 0 saturated carbocycles. The highest BCUT2D eigenvalue weighted by atomic mass is 16.5. The highest BCUT2D eigenvalue weighted by molar-refractivity contribution is 5.90. The lowest BCUT2D eigenvalue weighted by molar-refractivity contribution is -0.124. The van der Waals surface area contributed by atoms with Gasteiger partial charge in [0.1, 0.15) is 0 Å². The van der Waals surface area contributed by atoms with Crippen molar-refractivity contribution in [1.29, 1.82) is 0 Å². The van der Waals surface area contributed by atoms with E-state index in [0.717, 1.165) is 16.8 Å². The Morgan fingerprint density at radius 2 is 2.20 bits per heavy atom. The molecule has 0 spiro atoms. The summed E-state index contributed by atoms with van der Waals surface area (Å²) in [5.41, 5.74) is 4.48. The summed E-state index contributed by atoms with van der Waals surface area (Å²) in [4.78, 5) is 14.9. The van der Waals surface area contributed by atoms with Crippen LogP contribution in [-0.4, -0.2) is 16.1 Å². The van der Waals surface area contributed by atoms with Gasteiger partial charge in [0.25, 0.3) is 5.91 Å². The zero-order chi connectivity index (χ0) is 14.2. The van der Waals surface area contributed by atoms with Crippen molar-refractivity contribution >= 4 is 17.7 Å². The normalized spacial score (nSPS) is 10.4. The van der Waals surface area contributed by atoms with E-state index in [9.17, 15) is 4.79 Å². The number of hydroxylamine groups is 1. The topological polar surface area (TPSA) is 74.2 Å². The van der Waals surface area contributed by atoms with E-state index < -0.39 is 5.91 Å². The molecule has 0 radical (unpaired) electrons. The molecule has 1 aromatic heterocycles. The summed E-state index contributed by atoms with van der Waals surface area (Å²) in [7, 11) is 0. The number of hydrogen-bond donors (Lipinski definition) is 3. The smallest absolute Gasteiger partial charge is 0.267 e. The third-order valence-electron chi connectivity index (χ3n) is 2.65. The van der Waals surface area contributed by atoms with Gasteiger partial charge in [-0.2, -0.15) is 0 Å². The van der Waals surface area contributed by atoms with Crippen molar-refractivity contribution in [2.45, 2.75) is 6.54 Å². The van der Waals surface area contributed by atoms with Crippen LogP contribution in [0, 0.1) is 0 Å². The third kappa shape index (κ3) is 4.22. The van der Waals surface area contributed by atoms with Crippen molar-refractivity contribution < 1.29 is 10.0 Å². The Morgan fingerprint density at radius 3 is 2.95 bits per heavy atom. The van der Waals surface area contributed by atoms with Crippen LogP contribution in [0.15, 0.2) is 54.9 Å². The first-order chi connectivity index (χ1) is 9.78. The monoisotopic (exact) mass is 269 g/mol. The van der Waals surface area contributed by atoms with E-state index in [2.05, 4.69) is 10.3 Å². The number of nitrogens with zero attached hydrogens (tertiary/aromatic N) is 1. The average Bonchev–Trinajstić information content (AvgIpc) is 2.52. The molecule has 1 aromatic carbocycles. The second-order valence-electron chi connectivity index (χ2n) is 4.15. The van der Waals surface area contributed by atoms with Gasteiger partial charge in [0.2, 0.25) is 0 Å². The summed E-state index contributed by atoms with van der Waals surface area (Å²) in [5, 5.41) is 11.7. The van der Waals surface area contributed by atoms with Crippen molar-refractivity contribution in [3.63, 3.8) is 0 Å². The predicted octanol–water partition coefficient (Wildman–Crippen LogP) is 2.21. The van der Waals surface area contributed by atoms with Crippen molar-refractivity contribution in [2.75, 3.05) is 5.32 Å². The zero-order valence-corrected chi connectivity index (χ0v) is 10.8. The molecule has 0 aliphatic carbocycles. The predicted molar refractivity (Wildman–Crippen MR) is 77.0 cm³/mol. The van der Waals surface area contributed by atoms with Gasteiger partial charge in [-0.1, -0.05) is 18.2 Å². The first-order valence-electron chi connectivity index (χ1n) is 6.13. The van der Waals surface area contributed by atoms with Crippen molar-refractivity contribution in [2.24, 2.45) is 0 Å². The Balaban J connectivity index is 1.99. The molecule has 1 amide bonds. The van der Waals surface area contributed by atoms with Gasteiger partial charge in [-0.15, -0.1) is 0 Å². The second kappa shape index (κ2) is 7.06. The van der Waals surface area contributed by atoms with Crippen LogP contribution in [-0.2, 0) is 11.3 Å². The summed E-state index contributed by atoms with van der Waals surface area (Å²) in [6, 6.07) is 11.6. The number of hydrogen-bond acceptors (Lipinski definition) is 4. The van der Waals surface area contributed by atoms with E-state index in [1.807, 2.05) is 36.4 Å². The van der Waals surface area contributed by atoms with E-state index in [4.69, 9.17) is 5.21 Å². The van der Waals surface area contributed by atoms with E-state index in [0.29, 0.717) is 6.54 Å². The standard InChI is InChI=1S/C15H15N3O2/c19-15(18-20)7-6-12-3-1-4-13(9-12)10-17-14-5-2-8-16-11-14/h1-9,11,17,20H,10H2,(H,18,19)/b7-6+. The first kappa shape index (κ1) is 13.8. The number of carbonyl (C=O) groups excluding carboxylic acids is 1. The highest BCUT2D eigenvalue weighted by Crippen LogP contribution is 2.10. The summed E-state index contributed by atoms with van der Waals surface area (Å²) in [5.74, 6) is -0.552. The van der Waals surface area contributed by atoms with Crippen molar-refractivity contribution in [1.82, 2.24) is 10.5 Å². The fourth-order valence-electron chi connectivity index (χ4n) is 1.69. The lowest BCUT2D eigenvalue weighted by atomic mass is 10.1. The van der Waals surface area contributed by atoms with Gasteiger partial charge < -0.3 is 5.32 Å². The maximum atomic E-state index is 10.9. The number of carbonyl (C=O) groups is 1. The number of nitrogens with one attached hydrogen (secondary N) is 2. The van der Waals surface area contributed by atoms with Crippen LogP contribution in [0.4, 0.5) is 5.69 Å². The van der Waals surface area contributed by atoms with Gasteiger partial charge in [-0.25, -0.2) is 5.48 Å². The first-order valence-corrected chi connectivity index (χ1v) is 6.13. The van der Waals surface area contributed by atoms with Gasteiger partial charge in [-0.3, -0.25) is 15.0 Å². The van der Waals surface area contributed by atoms with Gasteiger partial charge in [0.05, 0.1) is 5.69 Å². The Hall–Kier alpha value is -2.66. The number of pyridine rings is 1. The molecule has 0 saturated heterocycles. The molecule has 0 atom stereocenters. The molecule has 1 heterocycles. The minimum absolute atomic E-state index is 0.552. The number of aromatic nitrogens is 1. The van der Waals surface area contributed by atoms with E-state index in [1.165, 1.54) is 6.08 Å².